The first-order valence-corrected chi connectivity index (χ1v) is 6.75. The molecule has 1 aromatic rings. The van der Waals surface area contributed by atoms with Crippen molar-refractivity contribution in [3.05, 3.63) is 29.6 Å². The number of halogens is 1. The molecular weight excluding hydrogens is 227 g/mol. The Morgan fingerprint density at radius 2 is 1.89 bits per heavy atom. The monoisotopic (exact) mass is 250 g/mol. The zero-order valence-electron chi connectivity index (χ0n) is 11.6. The molecule has 1 N–H and O–H groups in total. The molecule has 18 heavy (non-hydrogen) atoms. The van der Waals surface area contributed by atoms with Crippen LogP contribution in [0.15, 0.2) is 18.2 Å². The average molecular weight is 250 g/mol. The molecule has 2 nitrogen and oxygen atoms in total. The number of nitrogens with zero attached hydrogens (tertiary/aromatic N) is 1. The minimum Gasteiger partial charge on any atom is -0.369 e. The van der Waals surface area contributed by atoms with Gasteiger partial charge in [0.15, 0.2) is 0 Å². The Hall–Kier alpha value is -1.09. The maximum Gasteiger partial charge on any atom is 0.146 e. The molecule has 0 aliphatic carbocycles. The van der Waals surface area contributed by atoms with Gasteiger partial charge in [-0.15, -0.1) is 0 Å². The van der Waals surface area contributed by atoms with Crippen molar-refractivity contribution in [2.45, 2.75) is 45.7 Å². The summed E-state index contributed by atoms with van der Waals surface area (Å²) in [4.78, 5) is 2.18. The first-order chi connectivity index (χ1) is 8.47. The minimum atomic E-state index is -0.0925. The lowest BCUT2D eigenvalue weighted by Gasteiger charge is -2.25. The van der Waals surface area contributed by atoms with E-state index in [-0.39, 0.29) is 11.4 Å². The van der Waals surface area contributed by atoms with Gasteiger partial charge in [0, 0.05) is 25.2 Å². The molecule has 0 bridgehead atoms. The van der Waals surface area contributed by atoms with Crippen molar-refractivity contribution >= 4 is 5.69 Å². The summed E-state index contributed by atoms with van der Waals surface area (Å²) >= 11 is 0. The minimum absolute atomic E-state index is 0.0502. The zero-order chi connectivity index (χ0) is 13.2. The van der Waals surface area contributed by atoms with Crippen molar-refractivity contribution in [3.8, 4) is 0 Å². The number of rotatable bonds is 3. The molecule has 0 saturated carbocycles. The Balaban J connectivity index is 2.20. The van der Waals surface area contributed by atoms with Gasteiger partial charge < -0.3 is 10.2 Å². The fraction of sp³-hybridized carbons (Fsp3) is 0.600. The topological polar surface area (TPSA) is 15.3 Å². The van der Waals surface area contributed by atoms with Gasteiger partial charge in [0.2, 0.25) is 0 Å². The molecule has 0 atom stereocenters. The quantitative estimate of drug-likeness (QED) is 0.885. The largest absolute Gasteiger partial charge is 0.369 e. The van der Waals surface area contributed by atoms with Crippen molar-refractivity contribution in [2.24, 2.45) is 0 Å². The summed E-state index contributed by atoms with van der Waals surface area (Å²) in [6.07, 6.45) is 2.33. The fourth-order valence-electron chi connectivity index (χ4n) is 2.36. The number of benzene rings is 1. The third-order valence-electron chi connectivity index (χ3n) is 3.30. The fourth-order valence-corrected chi connectivity index (χ4v) is 2.36. The van der Waals surface area contributed by atoms with E-state index in [1.165, 1.54) is 12.8 Å². The molecule has 1 saturated heterocycles. The molecule has 0 unspecified atom stereocenters. The van der Waals surface area contributed by atoms with Gasteiger partial charge in [-0.1, -0.05) is 12.1 Å². The summed E-state index contributed by atoms with van der Waals surface area (Å²) < 4.78 is 14.1. The second kappa shape index (κ2) is 5.27. The lowest BCUT2D eigenvalue weighted by atomic mass is 10.1. The van der Waals surface area contributed by atoms with Gasteiger partial charge in [-0.3, -0.25) is 0 Å². The SMILES string of the molecule is CC(C)(C)NCc1cccc(F)c1N1CCCC1. The molecule has 1 aliphatic heterocycles. The van der Waals surface area contributed by atoms with Crippen LogP contribution in [0.2, 0.25) is 0 Å². The van der Waals surface area contributed by atoms with Gasteiger partial charge in [-0.25, -0.2) is 4.39 Å². The molecule has 0 amide bonds. The molecule has 3 heteroatoms. The van der Waals surface area contributed by atoms with E-state index in [1.807, 2.05) is 6.07 Å². The van der Waals surface area contributed by atoms with Crippen LogP contribution >= 0.6 is 0 Å². The van der Waals surface area contributed by atoms with Gasteiger partial charge in [-0.05, 0) is 45.2 Å². The van der Waals surface area contributed by atoms with E-state index in [1.54, 1.807) is 12.1 Å². The molecule has 100 valence electrons. The van der Waals surface area contributed by atoms with Crippen LogP contribution in [-0.4, -0.2) is 18.6 Å². The summed E-state index contributed by atoms with van der Waals surface area (Å²) in [7, 11) is 0. The maximum atomic E-state index is 14.1. The Kier molecular flexibility index (Phi) is 3.91. The lowest BCUT2D eigenvalue weighted by Crippen LogP contribution is -2.35. The molecule has 2 rings (SSSR count). The normalized spacial score (nSPS) is 16.3. The van der Waals surface area contributed by atoms with Gasteiger partial charge in [0.25, 0.3) is 0 Å². The van der Waals surface area contributed by atoms with Crippen molar-refractivity contribution in [1.29, 1.82) is 0 Å². The summed E-state index contributed by atoms with van der Waals surface area (Å²) in [5.74, 6) is -0.0925. The molecular formula is C15H23FN2. The van der Waals surface area contributed by atoms with Gasteiger partial charge in [0.1, 0.15) is 5.82 Å². The van der Waals surface area contributed by atoms with E-state index in [0.29, 0.717) is 6.54 Å². The molecule has 0 aromatic heterocycles. The van der Waals surface area contributed by atoms with Crippen LogP contribution in [0, 0.1) is 5.82 Å². The number of anilines is 1. The van der Waals surface area contributed by atoms with Crippen LogP contribution in [0.25, 0.3) is 0 Å². The maximum absolute atomic E-state index is 14.1. The van der Waals surface area contributed by atoms with Gasteiger partial charge in [-0.2, -0.15) is 0 Å². The van der Waals surface area contributed by atoms with E-state index >= 15 is 0 Å². The highest BCUT2D eigenvalue weighted by atomic mass is 19.1. The number of nitrogens with one attached hydrogen (secondary N) is 1. The van der Waals surface area contributed by atoms with E-state index in [9.17, 15) is 4.39 Å². The Bertz CT molecular complexity index is 403. The lowest BCUT2D eigenvalue weighted by molar-refractivity contribution is 0.423. The van der Waals surface area contributed by atoms with Crippen LogP contribution in [0.5, 0.6) is 0 Å². The number of hydrogen-bond donors (Lipinski definition) is 1. The van der Waals surface area contributed by atoms with Crippen LogP contribution in [0.1, 0.15) is 39.2 Å². The predicted molar refractivity (Wildman–Crippen MR) is 74.4 cm³/mol. The second-order valence-electron chi connectivity index (χ2n) is 6.05. The summed E-state index contributed by atoms with van der Waals surface area (Å²) in [5.41, 5.74) is 1.91. The zero-order valence-corrected chi connectivity index (χ0v) is 11.6. The van der Waals surface area contributed by atoms with E-state index in [0.717, 1.165) is 24.3 Å². The Labute approximate surface area is 109 Å². The molecule has 1 aromatic carbocycles. The van der Waals surface area contributed by atoms with E-state index in [2.05, 4.69) is 31.0 Å². The van der Waals surface area contributed by atoms with Crippen LogP contribution in [-0.2, 0) is 6.54 Å². The van der Waals surface area contributed by atoms with Crippen LogP contribution in [0.4, 0.5) is 10.1 Å². The van der Waals surface area contributed by atoms with Gasteiger partial charge >= 0.3 is 0 Å². The number of para-hydroxylation sites is 1. The summed E-state index contributed by atoms with van der Waals surface area (Å²) in [6, 6.07) is 5.39. The standard InChI is InChI=1S/C15H23FN2/c1-15(2,3)17-11-12-7-6-8-13(16)14(12)18-9-4-5-10-18/h6-8,17H,4-5,9-11H2,1-3H3. The average Bonchev–Trinajstić information content (AvgIpc) is 2.78. The Morgan fingerprint density at radius 3 is 2.50 bits per heavy atom. The van der Waals surface area contributed by atoms with Crippen molar-refractivity contribution in [1.82, 2.24) is 5.32 Å². The van der Waals surface area contributed by atoms with E-state index in [4.69, 9.17) is 0 Å². The molecule has 0 radical (unpaired) electrons. The van der Waals surface area contributed by atoms with Crippen LogP contribution in [0.3, 0.4) is 0 Å². The molecule has 1 heterocycles. The first kappa shape index (κ1) is 13.3. The van der Waals surface area contributed by atoms with Gasteiger partial charge in [0.05, 0.1) is 5.69 Å². The summed E-state index contributed by atoms with van der Waals surface area (Å²) in [6.45, 7) is 9.05. The predicted octanol–water partition coefficient (Wildman–Crippen LogP) is 3.31. The van der Waals surface area contributed by atoms with Crippen LogP contribution < -0.4 is 10.2 Å². The molecule has 0 spiro atoms. The Morgan fingerprint density at radius 1 is 1.22 bits per heavy atom. The van der Waals surface area contributed by atoms with E-state index < -0.39 is 0 Å². The summed E-state index contributed by atoms with van der Waals surface area (Å²) in [5, 5.41) is 3.44. The van der Waals surface area contributed by atoms with Crippen molar-refractivity contribution in [2.75, 3.05) is 18.0 Å². The van der Waals surface area contributed by atoms with Crippen molar-refractivity contribution < 1.29 is 4.39 Å². The third-order valence-corrected chi connectivity index (χ3v) is 3.30. The number of hydrogen-bond acceptors (Lipinski definition) is 2. The van der Waals surface area contributed by atoms with Crippen molar-refractivity contribution in [3.63, 3.8) is 0 Å². The highest BCUT2D eigenvalue weighted by molar-refractivity contribution is 5.55. The highest BCUT2D eigenvalue weighted by Crippen LogP contribution is 2.28. The molecule has 1 aliphatic rings. The highest BCUT2D eigenvalue weighted by Gasteiger charge is 2.20. The first-order valence-electron chi connectivity index (χ1n) is 6.75. The second-order valence-corrected chi connectivity index (χ2v) is 6.05. The molecule has 1 fully saturated rings. The third kappa shape index (κ3) is 3.22. The smallest absolute Gasteiger partial charge is 0.146 e.